The van der Waals surface area contributed by atoms with Crippen molar-refractivity contribution in [2.45, 2.75) is 0 Å². The molecule has 8 nitrogen and oxygen atoms in total. The van der Waals surface area contributed by atoms with Crippen molar-refractivity contribution in [1.29, 1.82) is 0 Å². The molecule has 1 aliphatic heterocycles. The molecule has 2 aromatic rings. The molecular weight excluding hydrogens is 352 g/mol. The van der Waals surface area contributed by atoms with Gasteiger partial charge in [0.25, 0.3) is 11.8 Å². The fraction of sp³-hybridized carbons (Fsp3) is 0.158. The maximum atomic E-state index is 12.1. The van der Waals surface area contributed by atoms with Crippen LogP contribution in [0.5, 0.6) is 23.0 Å². The highest BCUT2D eigenvalue weighted by Crippen LogP contribution is 2.32. The molecule has 0 bridgehead atoms. The molecule has 1 aliphatic rings. The summed E-state index contributed by atoms with van der Waals surface area (Å²) in [5.41, 5.74) is 5.73. The lowest BCUT2D eigenvalue weighted by molar-refractivity contribution is -0.117. The first-order chi connectivity index (χ1) is 13.1. The number of carbonyl (C=O) groups is 2. The lowest BCUT2D eigenvalue weighted by Crippen LogP contribution is -2.40. The highest BCUT2D eigenvalue weighted by molar-refractivity contribution is 5.98. The van der Waals surface area contributed by atoms with Gasteiger partial charge in [-0.3, -0.25) is 20.4 Å². The van der Waals surface area contributed by atoms with Crippen molar-refractivity contribution in [2.75, 3.05) is 21.0 Å². The number of carbonyl (C=O) groups excluding carboxylic acids is 2. The Hall–Kier alpha value is -3.68. The van der Waals surface area contributed by atoms with E-state index in [4.69, 9.17) is 18.9 Å². The first-order valence-corrected chi connectivity index (χ1v) is 8.01. The maximum Gasteiger partial charge on any atom is 0.269 e. The van der Waals surface area contributed by atoms with E-state index in [0.717, 1.165) is 5.56 Å². The first kappa shape index (κ1) is 18.1. The zero-order valence-corrected chi connectivity index (χ0v) is 14.8. The molecule has 2 aromatic carbocycles. The van der Waals surface area contributed by atoms with Crippen LogP contribution in [0.25, 0.3) is 6.08 Å². The van der Waals surface area contributed by atoms with E-state index in [-0.39, 0.29) is 6.79 Å². The number of hydrogen-bond donors (Lipinski definition) is 2. The van der Waals surface area contributed by atoms with Crippen LogP contribution in [0.3, 0.4) is 0 Å². The third-order valence-electron chi connectivity index (χ3n) is 3.77. The number of hydrogen-bond acceptors (Lipinski definition) is 6. The highest BCUT2D eigenvalue weighted by atomic mass is 16.7. The van der Waals surface area contributed by atoms with Gasteiger partial charge >= 0.3 is 0 Å². The summed E-state index contributed by atoms with van der Waals surface area (Å²) in [6, 6.07) is 10.00. The third-order valence-corrected chi connectivity index (χ3v) is 3.77. The molecule has 0 fully saturated rings. The molecule has 2 N–H and O–H groups in total. The summed E-state index contributed by atoms with van der Waals surface area (Å²) in [7, 11) is 3.08. The molecule has 0 unspecified atom stereocenters. The van der Waals surface area contributed by atoms with Crippen LogP contribution in [0, 0.1) is 0 Å². The van der Waals surface area contributed by atoms with E-state index in [9.17, 15) is 9.59 Å². The van der Waals surface area contributed by atoms with Gasteiger partial charge in [-0.05, 0) is 42.0 Å². The SMILES string of the molecule is COc1ccc(/C=C/C(=O)NNC(=O)c2ccc3c(c2)OCO3)cc1OC. The Bertz CT molecular complexity index is 894. The van der Waals surface area contributed by atoms with Crippen LogP contribution in [-0.4, -0.2) is 32.8 Å². The van der Waals surface area contributed by atoms with Crippen molar-refractivity contribution in [2.24, 2.45) is 0 Å². The molecule has 0 aromatic heterocycles. The van der Waals surface area contributed by atoms with E-state index in [0.29, 0.717) is 28.6 Å². The number of fused-ring (bicyclic) bond motifs is 1. The zero-order valence-electron chi connectivity index (χ0n) is 14.8. The number of amides is 2. The molecule has 0 saturated heterocycles. The van der Waals surface area contributed by atoms with Gasteiger partial charge in [0.2, 0.25) is 6.79 Å². The van der Waals surface area contributed by atoms with Crippen molar-refractivity contribution in [1.82, 2.24) is 10.9 Å². The summed E-state index contributed by atoms with van der Waals surface area (Å²) in [5.74, 6) is 1.25. The number of rotatable bonds is 5. The Morgan fingerprint density at radius 3 is 2.52 bits per heavy atom. The first-order valence-electron chi connectivity index (χ1n) is 8.01. The molecule has 1 heterocycles. The van der Waals surface area contributed by atoms with E-state index in [2.05, 4.69) is 10.9 Å². The van der Waals surface area contributed by atoms with Crippen LogP contribution < -0.4 is 29.8 Å². The average Bonchev–Trinajstić information content (AvgIpc) is 3.17. The average molecular weight is 370 g/mol. The number of ether oxygens (including phenoxy) is 4. The molecule has 0 atom stereocenters. The maximum absolute atomic E-state index is 12.1. The van der Waals surface area contributed by atoms with Crippen LogP contribution >= 0.6 is 0 Å². The monoisotopic (exact) mass is 370 g/mol. The van der Waals surface area contributed by atoms with Crippen molar-refractivity contribution in [3.05, 3.63) is 53.6 Å². The smallest absolute Gasteiger partial charge is 0.269 e. The largest absolute Gasteiger partial charge is 0.493 e. The Labute approximate surface area is 155 Å². The molecule has 0 spiro atoms. The third kappa shape index (κ3) is 4.30. The van der Waals surface area contributed by atoms with Gasteiger partial charge in [0.1, 0.15) is 0 Å². The number of nitrogens with one attached hydrogen (secondary N) is 2. The molecule has 27 heavy (non-hydrogen) atoms. The predicted molar refractivity (Wildman–Crippen MR) is 96.8 cm³/mol. The van der Waals surface area contributed by atoms with Gasteiger partial charge in [-0.25, -0.2) is 0 Å². The van der Waals surface area contributed by atoms with Crippen molar-refractivity contribution in [3.63, 3.8) is 0 Å². The van der Waals surface area contributed by atoms with Gasteiger partial charge in [0.15, 0.2) is 23.0 Å². The minimum Gasteiger partial charge on any atom is -0.493 e. The number of methoxy groups -OCH3 is 2. The Kier molecular flexibility index (Phi) is 5.46. The lowest BCUT2D eigenvalue weighted by atomic mass is 10.2. The van der Waals surface area contributed by atoms with E-state index < -0.39 is 11.8 Å². The molecule has 2 amide bonds. The standard InChI is InChI=1S/C19H18N2O6/c1-24-14-6-3-12(9-16(14)25-2)4-8-18(22)20-21-19(23)13-5-7-15-17(10-13)27-11-26-15/h3-10H,11H2,1-2H3,(H,20,22)(H,21,23)/b8-4+. The van der Waals surface area contributed by atoms with Gasteiger partial charge in [-0.1, -0.05) is 6.07 Å². The molecule has 8 heteroatoms. The quantitative estimate of drug-likeness (QED) is 0.617. The summed E-state index contributed by atoms with van der Waals surface area (Å²) in [6.07, 6.45) is 2.88. The van der Waals surface area contributed by atoms with E-state index in [1.165, 1.54) is 13.2 Å². The van der Waals surface area contributed by atoms with Gasteiger partial charge in [0, 0.05) is 11.6 Å². The van der Waals surface area contributed by atoms with Gasteiger partial charge in [-0.2, -0.15) is 0 Å². The lowest BCUT2D eigenvalue weighted by Gasteiger charge is -2.08. The van der Waals surface area contributed by atoms with Gasteiger partial charge in [-0.15, -0.1) is 0 Å². The zero-order chi connectivity index (χ0) is 19.2. The number of hydrazine groups is 1. The summed E-state index contributed by atoms with van der Waals surface area (Å²) in [4.78, 5) is 24.0. The highest BCUT2D eigenvalue weighted by Gasteiger charge is 2.16. The minimum atomic E-state index is -0.487. The van der Waals surface area contributed by atoms with Gasteiger partial charge in [0.05, 0.1) is 14.2 Å². The molecule has 140 valence electrons. The second-order valence-electron chi connectivity index (χ2n) is 5.46. The number of benzene rings is 2. The summed E-state index contributed by atoms with van der Waals surface area (Å²) >= 11 is 0. The van der Waals surface area contributed by atoms with Crippen LogP contribution in [0.1, 0.15) is 15.9 Å². The molecule has 0 saturated carbocycles. The van der Waals surface area contributed by atoms with Gasteiger partial charge < -0.3 is 18.9 Å². The van der Waals surface area contributed by atoms with Crippen LogP contribution in [0.2, 0.25) is 0 Å². The predicted octanol–water partition coefficient (Wildman–Crippen LogP) is 1.91. The van der Waals surface area contributed by atoms with Crippen LogP contribution in [0.15, 0.2) is 42.5 Å². The van der Waals surface area contributed by atoms with Crippen LogP contribution in [0.4, 0.5) is 0 Å². The second kappa shape index (κ2) is 8.13. The van der Waals surface area contributed by atoms with E-state index in [1.807, 2.05) is 0 Å². The van der Waals surface area contributed by atoms with E-state index in [1.54, 1.807) is 49.6 Å². The topological polar surface area (TPSA) is 95.1 Å². The molecule has 3 rings (SSSR count). The van der Waals surface area contributed by atoms with Crippen LogP contribution in [-0.2, 0) is 4.79 Å². The normalized spacial score (nSPS) is 11.9. The second-order valence-corrected chi connectivity index (χ2v) is 5.46. The molecular formula is C19H18N2O6. The van der Waals surface area contributed by atoms with Crippen molar-refractivity contribution < 1.29 is 28.5 Å². The fourth-order valence-corrected chi connectivity index (χ4v) is 2.40. The summed E-state index contributed by atoms with van der Waals surface area (Å²) < 4.78 is 20.8. The van der Waals surface area contributed by atoms with Crippen molar-refractivity contribution in [3.8, 4) is 23.0 Å². The Balaban J connectivity index is 1.56. The Morgan fingerprint density at radius 1 is 0.963 bits per heavy atom. The fourth-order valence-electron chi connectivity index (χ4n) is 2.40. The molecule has 0 aliphatic carbocycles. The minimum absolute atomic E-state index is 0.123. The Morgan fingerprint density at radius 2 is 1.74 bits per heavy atom. The van der Waals surface area contributed by atoms with Crippen molar-refractivity contribution >= 4 is 17.9 Å². The summed E-state index contributed by atoms with van der Waals surface area (Å²) in [5, 5.41) is 0. The van der Waals surface area contributed by atoms with E-state index >= 15 is 0 Å². The molecule has 0 radical (unpaired) electrons. The summed E-state index contributed by atoms with van der Waals surface area (Å²) in [6.45, 7) is 0.123.